The molecule has 0 atom stereocenters. The fourth-order valence-electron chi connectivity index (χ4n) is 2.23. The Morgan fingerprint density at radius 3 is 2.44 bits per heavy atom. The molecule has 0 unspecified atom stereocenters. The second kappa shape index (κ2) is 9.69. The number of nitrogens with two attached hydrogens (primary N) is 1. The summed E-state index contributed by atoms with van der Waals surface area (Å²) in [7, 11) is 3.96. The van der Waals surface area contributed by atoms with Gasteiger partial charge in [-0.05, 0) is 26.6 Å². The van der Waals surface area contributed by atoms with Gasteiger partial charge in [0.2, 0.25) is 0 Å². The van der Waals surface area contributed by atoms with Crippen molar-refractivity contribution >= 4 is 0 Å². The van der Waals surface area contributed by atoms with Gasteiger partial charge in [0.15, 0.2) is 0 Å². The molecular weight excluding hydrogens is 228 g/mol. The van der Waals surface area contributed by atoms with Crippen molar-refractivity contribution in [1.82, 2.24) is 14.7 Å². The molecule has 0 radical (unpaired) electrons. The third-order valence-electron chi connectivity index (χ3n) is 3.62. The Kier molecular flexibility index (Phi) is 8.54. The van der Waals surface area contributed by atoms with E-state index in [9.17, 15) is 0 Å². The monoisotopic (exact) mass is 258 g/mol. The van der Waals surface area contributed by atoms with E-state index in [4.69, 9.17) is 10.5 Å². The molecule has 1 saturated heterocycles. The normalized spacial score (nSPS) is 18.7. The smallest absolute Gasteiger partial charge is 0.0589 e. The predicted molar refractivity (Wildman–Crippen MR) is 75.9 cm³/mol. The van der Waals surface area contributed by atoms with Crippen LogP contribution in [0.25, 0.3) is 0 Å². The fourth-order valence-corrected chi connectivity index (χ4v) is 2.23. The molecule has 108 valence electrons. The first-order valence-electron chi connectivity index (χ1n) is 7.08. The largest absolute Gasteiger partial charge is 0.383 e. The summed E-state index contributed by atoms with van der Waals surface area (Å²) in [6, 6.07) is 0. The molecule has 0 aromatic carbocycles. The zero-order valence-corrected chi connectivity index (χ0v) is 12.1. The minimum Gasteiger partial charge on any atom is -0.383 e. The van der Waals surface area contributed by atoms with Crippen molar-refractivity contribution in [3.8, 4) is 0 Å². The van der Waals surface area contributed by atoms with Gasteiger partial charge in [0, 0.05) is 52.9 Å². The summed E-state index contributed by atoms with van der Waals surface area (Å²) in [5.74, 6) is 0. The Morgan fingerprint density at radius 2 is 1.83 bits per heavy atom. The quantitative estimate of drug-likeness (QED) is 0.606. The topological polar surface area (TPSA) is 45.0 Å². The number of nitrogens with zero attached hydrogens (tertiary/aromatic N) is 3. The highest BCUT2D eigenvalue weighted by Crippen LogP contribution is 2.00. The highest BCUT2D eigenvalue weighted by Gasteiger charge is 2.14. The van der Waals surface area contributed by atoms with Gasteiger partial charge in [-0.3, -0.25) is 9.80 Å². The molecule has 0 spiro atoms. The second-order valence-electron chi connectivity index (χ2n) is 5.12. The highest BCUT2D eigenvalue weighted by atomic mass is 16.5. The summed E-state index contributed by atoms with van der Waals surface area (Å²) in [6.45, 7) is 10.8. The standard InChI is InChI=1S/C13H30N4O/c1-15-6-8-17(9-7-15)11-10-16(5-3-4-14)12-13-18-2/h3-14H2,1-2H3. The third kappa shape index (κ3) is 6.66. The Labute approximate surface area is 112 Å². The molecule has 1 aliphatic rings. The average Bonchev–Trinajstić information content (AvgIpc) is 2.40. The molecule has 0 aliphatic carbocycles. The van der Waals surface area contributed by atoms with E-state index in [-0.39, 0.29) is 0 Å². The molecule has 1 fully saturated rings. The maximum absolute atomic E-state index is 5.59. The molecule has 0 amide bonds. The molecular formula is C13H30N4O. The van der Waals surface area contributed by atoms with E-state index in [1.807, 2.05) is 0 Å². The lowest BCUT2D eigenvalue weighted by Crippen LogP contribution is -2.47. The summed E-state index contributed by atoms with van der Waals surface area (Å²) < 4.78 is 5.16. The van der Waals surface area contributed by atoms with E-state index in [1.165, 1.54) is 32.7 Å². The zero-order valence-electron chi connectivity index (χ0n) is 12.1. The van der Waals surface area contributed by atoms with Crippen molar-refractivity contribution in [3.63, 3.8) is 0 Å². The minimum atomic E-state index is 0.776. The van der Waals surface area contributed by atoms with Gasteiger partial charge < -0.3 is 15.4 Å². The predicted octanol–water partition coefficient (Wildman–Crippen LogP) is -0.469. The number of likely N-dealkylation sites (N-methyl/N-ethyl adjacent to an activating group) is 1. The first-order valence-corrected chi connectivity index (χ1v) is 7.08. The van der Waals surface area contributed by atoms with Crippen molar-refractivity contribution in [2.45, 2.75) is 6.42 Å². The summed E-state index contributed by atoms with van der Waals surface area (Å²) >= 11 is 0. The van der Waals surface area contributed by atoms with Gasteiger partial charge in [-0.15, -0.1) is 0 Å². The van der Waals surface area contributed by atoms with Crippen LogP contribution in [-0.2, 0) is 4.74 Å². The van der Waals surface area contributed by atoms with Gasteiger partial charge in [0.25, 0.3) is 0 Å². The van der Waals surface area contributed by atoms with Crippen LogP contribution in [0.15, 0.2) is 0 Å². The lowest BCUT2D eigenvalue weighted by molar-refractivity contribution is 0.115. The molecule has 1 rings (SSSR count). The van der Waals surface area contributed by atoms with Gasteiger partial charge in [-0.2, -0.15) is 0 Å². The van der Waals surface area contributed by atoms with Gasteiger partial charge in [0.05, 0.1) is 6.61 Å². The number of hydrogen-bond donors (Lipinski definition) is 1. The molecule has 2 N–H and O–H groups in total. The van der Waals surface area contributed by atoms with Crippen LogP contribution in [0, 0.1) is 0 Å². The number of methoxy groups -OCH3 is 1. The van der Waals surface area contributed by atoms with Crippen LogP contribution in [0.4, 0.5) is 0 Å². The minimum absolute atomic E-state index is 0.776. The molecule has 1 heterocycles. The van der Waals surface area contributed by atoms with Crippen LogP contribution < -0.4 is 5.73 Å². The Balaban J connectivity index is 2.18. The Hall–Kier alpha value is -0.200. The van der Waals surface area contributed by atoms with E-state index >= 15 is 0 Å². The van der Waals surface area contributed by atoms with Crippen molar-refractivity contribution in [3.05, 3.63) is 0 Å². The number of hydrogen-bond acceptors (Lipinski definition) is 5. The van der Waals surface area contributed by atoms with E-state index in [0.717, 1.165) is 39.2 Å². The summed E-state index contributed by atoms with van der Waals surface area (Å²) in [6.07, 6.45) is 1.08. The number of piperazine rings is 1. The summed E-state index contributed by atoms with van der Waals surface area (Å²) in [5.41, 5.74) is 5.59. The molecule has 0 aromatic rings. The molecule has 5 nitrogen and oxygen atoms in total. The van der Waals surface area contributed by atoms with Crippen LogP contribution in [-0.4, -0.2) is 94.4 Å². The van der Waals surface area contributed by atoms with Crippen molar-refractivity contribution < 1.29 is 4.74 Å². The number of ether oxygens (including phenoxy) is 1. The molecule has 18 heavy (non-hydrogen) atoms. The van der Waals surface area contributed by atoms with Gasteiger partial charge in [-0.25, -0.2) is 0 Å². The lowest BCUT2D eigenvalue weighted by atomic mass is 10.3. The van der Waals surface area contributed by atoms with Crippen molar-refractivity contribution in [2.75, 3.05) is 79.7 Å². The highest BCUT2D eigenvalue weighted by molar-refractivity contribution is 4.71. The maximum Gasteiger partial charge on any atom is 0.0589 e. The van der Waals surface area contributed by atoms with E-state index in [2.05, 4.69) is 21.7 Å². The van der Waals surface area contributed by atoms with Gasteiger partial charge in [0.1, 0.15) is 0 Å². The summed E-state index contributed by atoms with van der Waals surface area (Å²) in [4.78, 5) is 7.42. The molecule has 0 bridgehead atoms. The summed E-state index contributed by atoms with van der Waals surface area (Å²) in [5, 5.41) is 0. The zero-order chi connectivity index (χ0) is 13.2. The molecule has 1 aliphatic heterocycles. The first-order chi connectivity index (χ1) is 8.76. The Bertz CT molecular complexity index is 187. The van der Waals surface area contributed by atoms with Gasteiger partial charge >= 0.3 is 0 Å². The average molecular weight is 258 g/mol. The second-order valence-corrected chi connectivity index (χ2v) is 5.12. The lowest BCUT2D eigenvalue weighted by Gasteiger charge is -2.34. The van der Waals surface area contributed by atoms with E-state index in [1.54, 1.807) is 7.11 Å². The molecule has 0 saturated carbocycles. The van der Waals surface area contributed by atoms with Crippen LogP contribution in [0.5, 0.6) is 0 Å². The van der Waals surface area contributed by atoms with Crippen LogP contribution in [0.3, 0.4) is 0 Å². The third-order valence-corrected chi connectivity index (χ3v) is 3.62. The van der Waals surface area contributed by atoms with E-state index in [0.29, 0.717) is 0 Å². The molecule has 0 aromatic heterocycles. The van der Waals surface area contributed by atoms with Gasteiger partial charge in [-0.1, -0.05) is 0 Å². The van der Waals surface area contributed by atoms with Crippen LogP contribution in [0.1, 0.15) is 6.42 Å². The SMILES string of the molecule is COCCN(CCCN)CCN1CCN(C)CC1. The maximum atomic E-state index is 5.59. The number of rotatable bonds is 9. The Morgan fingerprint density at radius 1 is 1.11 bits per heavy atom. The van der Waals surface area contributed by atoms with Crippen molar-refractivity contribution in [2.24, 2.45) is 5.73 Å². The van der Waals surface area contributed by atoms with E-state index < -0.39 is 0 Å². The fraction of sp³-hybridized carbons (Fsp3) is 1.00. The first kappa shape index (κ1) is 15.9. The molecule has 5 heteroatoms. The van der Waals surface area contributed by atoms with Crippen molar-refractivity contribution in [1.29, 1.82) is 0 Å². The van der Waals surface area contributed by atoms with Crippen LogP contribution >= 0.6 is 0 Å². The van der Waals surface area contributed by atoms with Crippen LogP contribution in [0.2, 0.25) is 0 Å².